The summed E-state index contributed by atoms with van der Waals surface area (Å²) in [6, 6.07) is 9.83. The molecule has 2 aromatic rings. The van der Waals surface area contributed by atoms with Crippen molar-refractivity contribution in [2.45, 2.75) is 0 Å². The number of halogens is 3. The fraction of sp³-hybridized carbons (Fsp3) is 0.0714. The number of benzene rings is 2. The molecule has 0 aromatic heterocycles. The first-order chi connectivity index (χ1) is 10.8. The average Bonchev–Trinajstić information content (AvgIpc) is 2.48. The first-order valence-corrected chi connectivity index (χ1v) is 7.97. The smallest absolute Gasteiger partial charge is 0.269 e. The molecule has 0 unspecified atom stereocenters. The molecule has 0 aliphatic carbocycles. The van der Waals surface area contributed by atoms with E-state index in [0.717, 1.165) is 0 Å². The van der Waals surface area contributed by atoms with E-state index in [1.54, 1.807) is 42.3 Å². The second kappa shape index (κ2) is 7.77. The van der Waals surface area contributed by atoms with Gasteiger partial charge < -0.3 is 14.7 Å². The van der Waals surface area contributed by atoms with Crippen molar-refractivity contribution in [2.24, 2.45) is 0 Å². The predicted molar refractivity (Wildman–Crippen MR) is 103 cm³/mol. The van der Waals surface area contributed by atoms with Gasteiger partial charge >= 0.3 is 0 Å². The van der Waals surface area contributed by atoms with E-state index < -0.39 is 6.81 Å². The van der Waals surface area contributed by atoms with E-state index in [1.165, 1.54) is 6.07 Å². The van der Waals surface area contributed by atoms with Gasteiger partial charge in [-0.3, -0.25) is 0 Å². The highest BCUT2D eigenvalue weighted by atomic mass is 35.5. The molecule has 0 saturated heterocycles. The van der Waals surface area contributed by atoms with E-state index in [-0.39, 0.29) is 10.2 Å². The quantitative estimate of drug-likeness (QED) is 0.650. The van der Waals surface area contributed by atoms with Gasteiger partial charge in [0.1, 0.15) is 5.75 Å². The van der Waals surface area contributed by atoms with Crippen molar-refractivity contribution in [1.29, 1.82) is 0 Å². The predicted octanol–water partition coefficient (Wildman–Crippen LogP) is 3.30. The van der Waals surface area contributed by atoms with Gasteiger partial charge in [0.2, 0.25) is 0 Å². The van der Waals surface area contributed by atoms with E-state index in [9.17, 15) is 5.02 Å². The molecule has 0 aliphatic heterocycles. The Bertz CT molecular complexity index is 729. The van der Waals surface area contributed by atoms with Gasteiger partial charge in [-0.2, -0.15) is 0 Å². The monoisotopic (exact) mass is 383 g/mol. The second-order valence-electron chi connectivity index (χ2n) is 4.65. The van der Waals surface area contributed by atoms with E-state index in [1.807, 2.05) is 0 Å². The van der Waals surface area contributed by atoms with Gasteiger partial charge in [0.25, 0.3) is 12.0 Å². The Kier molecular flexibility index (Phi) is 6.23. The summed E-state index contributed by atoms with van der Waals surface area (Å²) < 4.78 is 5.58. The molecule has 2 radical (unpaired) electrons. The highest BCUT2D eigenvalue weighted by Crippen LogP contribution is 2.28. The molecular weight excluding hydrogens is 374 g/mol. The van der Waals surface area contributed by atoms with Crippen LogP contribution in [-0.4, -0.2) is 31.8 Å². The molecule has 0 aliphatic rings. The van der Waals surface area contributed by atoms with Crippen molar-refractivity contribution in [1.82, 2.24) is 0 Å². The molecule has 0 saturated carbocycles. The van der Waals surface area contributed by atoms with Crippen LogP contribution in [0.15, 0.2) is 36.4 Å². The molecule has 0 fully saturated rings. The third kappa shape index (κ3) is 4.55. The summed E-state index contributed by atoms with van der Waals surface area (Å²) in [4.78, 5) is 1.55. The molecule has 0 spiro atoms. The van der Waals surface area contributed by atoms with E-state index in [2.05, 4.69) is 0 Å². The third-order valence-electron chi connectivity index (χ3n) is 3.04. The number of thiocarbonyl (C=S) groups is 1. The summed E-state index contributed by atoms with van der Waals surface area (Å²) in [6.45, 7) is -1.22. The Morgan fingerprint density at radius 2 is 1.78 bits per heavy atom. The Labute approximate surface area is 156 Å². The normalized spacial score (nSPS) is 10.3. The number of ether oxygens (including phenoxy) is 1. The summed E-state index contributed by atoms with van der Waals surface area (Å²) in [5.41, 5.74) is 0.849. The van der Waals surface area contributed by atoms with Crippen molar-refractivity contribution in [3.8, 4) is 5.75 Å². The van der Waals surface area contributed by atoms with Crippen molar-refractivity contribution in [2.75, 3.05) is 11.9 Å². The first kappa shape index (κ1) is 18.4. The molecule has 0 amide bonds. The Balaban J connectivity index is 2.25. The lowest BCUT2D eigenvalue weighted by atomic mass is 9.43. The summed E-state index contributed by atoms with van der Waals surface area (Å²) >= 11 is 23.3. The first-order valence-electron chi connectivity index (χ1n) is 6.43. The van der Waals surface area contributed by atoms with Crippen molar-refractivity contribution in [3.63, 3.8) is 0 Å². The maximum atomic E-state index is 9.56. The molecular formula is C14H10B2Cl3NO2S. The summed E-state index contributed by atoms with van der Waals surface area (Å²) in [5, 5.41) is 10.9. The molecule has 2 rings (SSSR count). The van der Waals surface area contributed by atoms with Crippen LogP contribution in [-0.2, 0) is 0 Å². The molecule has 116 valence electrons. The minimum Gasteiger partial charge on any atom is -0.454 e. The number of hydrogen-bond acceptors (Lipinski definition) is 3. The van der Waals surface area contributed by atoms with Gasteiger partial charge in [-0.05, 0) is 54.1 Å². The maximum absolute atomic E-state index is 9.56. The minimum atomic E-state index is -1.22. The zero-order valence-corrected chi connectivity index (χ0v) is 15.0. The minimum absolute atomic E-state index is 0.161. The molecule has 9 heteroatoms. The standard InChI is InChI=1S/C14H10B2Cl3NO2S/c1-20(14(23)22-9-4-2-8(17)3-5-9)13-6-10(16(15)21)11(18)7-12(13)19/h2-7,21H,1H3. The fourth-order valence-electron chi connectivity index (χ4n) is 1.81. The van der Waals surface area contributed by atoms with Crippen LogP contribution >= 0.6 is 47.0 Å². The van der Waals surface area contributed by atoms with Crippen molar-refractivity contribution in [3.05, 3.63) is 51.5 Å². The lowest BCUT2D eigenvalue weighted by molar-refractivity contribution is 0.552. The van der Waals surface area contributed by atoms with E-state index >= 15 is 0 Å². The van der Waals surface area contributed by atoms with Crippen LogP contribution in [0.5, 0.6) is 5.75 Å². The Morgan fingerprint density at radius 1 is 1.17 bits per heavy atom. The molecule has 2 aromatic carbocycles. The average molecular weight is 384 g/mol. The van der Waals surface area contributed by atoms with Gasteiger partial charge in [-0.15, -0.1) is 0 Å². The number of hydrogen-bond donors (Lipinski definition) is 1. The van der Waals surface area contributed by atoms with Crippen LogP contribution in [0.2, 0.25) is 15.1 Å². The zero-order chi connectivity index (χ0) is 17.1. The number of nitrogens with zero attached hydrogens (tertiary/aromatic N) is 1. The number of anilines is 1. The zero-order valence-electron chi connectivity index (χ0n) is 12.0. The summed E-state index contributed by atoms with van der Waals surface area (Å²) in [6.07, 6.45) is 0. The van der Waals surface area contributed by atoms with Crippen molar-refractivity contribution >= 4 is 77.9 Å². The SMILES string of the molecule is [B]B(O)c1cc(N(C)C(=S)Oc2ccc(Cl)cc2)c(Cl)cc1Cl. The van der Waals surface area contributed by atoms with Crippen LogP contribution in [0.4, 0.5) is 5.69 Å². The highest BCUT2D eigenvalue weighted by Gasteiger charge is 2.18. The van der Waals surface area contributed by atoms with Crippen LogP contribution in [0, 0.1) is 0 Å². The third-order valence-corrected chi connectivity index (χ3v) is 4.28. The van der Waals surface area contributed by atoms with E-state index in [0.29, 0.717) is 26.9 Å². The molecule has 1 N–H and O–H groups in total. The maximum Gasteiger partial charge on any atom is 0.269 e. The molecule has 0 atom stereocenters. The summed E-state index contributed by atoms with van der Waals surface area (Å²) in [7, 11) is 7.16. The van der Waals surface area contributed by atoms with Gasteiger partial charge in [0, 0.05) is 17.1 Å². The highest BCUT2D eigenvalue weighted by molar-refractivity contribution is 7.80. The fourth-order valence-corrected chi connectivity index (χ4v) is 2.75. The largest absolute Gasteiger partial charge is 0.454 e. The Hall–Kier alpha value is -0.910. The van der Waals surface area contributed by atoms with Crippen LogP contribution in [0.3, 0.4) is 0 Å². The summed E-state index contributed by atoms with van der Waals surface area (Å²) in [5.74, 6) is 0.537. The van der Waals surface area contributed by atoms with E-state index in [4.69, 9.17) is 59.5 Å². The van der Waals surface area contributed by atoms with Gasteiger partial charge in [0.15, 0.2) is 0 Å². The lowest BCUT2D eigenvalue weighted by Crippen LogP contribution is -2.34. The van der Waals surface area contributed by atoms with Gasteiger partial charge in [-0.25, -0.2) is 0 Å². The second-order valence-corrected chi connectivity index (χ2v) is 6.25. The van der Waals surface area contributed by atoms with Gasteiger partial charge in [0.05, 0.1) is 18.4 Å². The lowest BCUT2D eigenvalue weighted by Gasteiger charge is -2.22. The van der Waals surface area contributed by atoms with Crippen LogP contribution < -0.4 is 15.1 Å². The molecule has 0 heterocycles. The topological polar surface area (TPSA) is 32.7 Å². The van der Waals surface area contributed by atoms with Gasteiger partial charge in [-0.1, -0.05) is 34.8 Å². The number of rotatable bonds is 3. The molecule has 23 heavy (non-hydrogen) atoms. The Morgan fingerprint density at radius 3 is 2.35 bits per heavy atom. The van der Waals surface area contributed by atoms with Crippen LogP contribution in [0.25, 0.3) is 0 Å². The molecule has 3 nitrogen and oxygen atoms in total. The molecule has 0 bridgehead atoms. The van der Waals surface area contributed by atoms with Crippen molar-refractivity contribution < 1.29 is 9.76 Å². The van der Waals surface area contributed by atoms with Crippen LogP contribution in [0.1, 0.15) is 0 Å².